The molecule has 8 nitrogen and oxygen atoms in total. The third kappa shape index (κ3) is 3.69. The standard InChI is InChI=1S/C26H19NO7/c1-15-10-11-19-18(14-15)22(29)24(23(33-19)20-8-5-13-32-20)34-21(28)9-4-12-27-25(30)16-6-2-3-7-17(16)26(27)31/h2-3,5-8,10-11,13-14H,4,9,12H2,1H3. The molecule has 2 aromatic heterocycles. The smallest absolute Gasteiger partial charge is 0.311 e. The molecule has 0 atom stereocenters. The Morgan fingerprint density at radius 1 is 0.971 bits per heavy atom. The number of hydrogen-bond donors (Lipinski definition) is 0. The average Bonchev–Trinajstić information content (AvgIpc) is 3.45. The summed E-state index contributed by atoms with van der Waals surface area (Å²) in [5, 5.41) is 0.282. The molecule has 1 aliphatic heterocycles. The summed E-state index contributed by atoms with van der Waals surface area (Å²) in [4.78, 5) is 51.8. The van der Waals surface area contributed by atoms with Gasteiger partial charge in [0, 0.05) is 13.0 Å². The number of furan rings is 1. The first kappa shape index (κ1) is 21.4. The Balaban J connectivity index is 1.34. The van der Waals surface area contributed by atoms with Gasteiger partial charge in [-0.3, -0.25) is 24.1 Å². The van der Waals surface area contributed by atoms with Crippen molar-refractivity contribution < 1.29 is 28.0 Å². The van der Waals surface area contributed by atoms with Gasteiger partial charge in [-0.05, 0) is 49.7 Å². The number of nitrogens with zero attached hydrogens (tertiary/aromatic N) is 1. The number of imide groups is 1. The summed E-state index contributed by atoms with van der Waals surface area (Å²) in [5.41, 5.74) is 1.39. The van der Waals surface area contributed by atoms with Crippen LogP contribution in [-0.2, 0) is 4.79 Å². The lowest BCUT2D eigenvalue weighted by atomic mass is 10.1. The van der Waals surface area contributed by atoms with Crippen molar-refractivity contribution in [3.63, 3.8) is 0 Å². The fraction of sp³-hybridized carbons (Fsp3) is 0.154. The van der Waals surface area contributed by atoms with E-state index < -0.39 is 11.4 Å². The minimum atomic E-state index is -0.691. The molecule has 0 bridgehead atoms. The van der Waals surface area contributed by atoms with Crippen LogP contribution in [0, 0.1) is 6.92 Å². The van der Waals surface area contributed by atoms with Crippen LogP contribution in [0.25, 0.3) is 22.5 Å². The molecule has 4 aromatic rings. The zero-order valence-corrected chi connectivity index (χ0v) is 18.2. The molecule has 0 saturated carbocycles. The van der Waals surface area contributed by atoms with Crippen molar-refractivity contribution in [2.45, 2.75) is 19.8 Å². The third-order valence-corrected chi connectivity index (χ3v) is 5.61. The van der Waals surface area contributed by atoms with E-state index in [1.54, 1.807) is 48.5 Å². The molecule has 0 spiro atoms. The Labute approximate surface area is 193 Å². The zero-order valence-electron chi connectivity index (χ0n) is 18.2. The van der Waals surface area contributed by atoms with Crippen LogP contribution in [0.2, 0.25) is 0 Å². The van der Waals surface area contributed by atoms with Crippen LogP contribution in [0.5, 0.6) is 5.75 Å². The monoisotopic (exact) mass is 457 g/mol. The molecule has 3 heterocycles. The topological polar surface area (TPSA) is 107 Å². The molecule has 0 fully saturated rings. The second-order valence-corrected chi connectivity index (χ2v) is 7.95. The first-order valence-corrected chi connectivity index (χ1v) is 10.7. The summed E-state index contributed by atoms with van der Waals surface area (Å²) in [6.45, 7) is 1.89. The van der Waals surface area contributed by atoms with Gasteiger partial charge >= 0.3 is 5.97 Å². The highest BCUT2D eigenvalue weighted by Gasteiger charge is 2.34. The molecule has 5 rings (SSSR count). The maximum Gasteiger partial charge on any atom is 0.311 e. The molecule has 0 unspecified atom stereocenters. The average molecular weight is 457 g/mol. The minimum Gasteiger partial charge on any atom is -0.461 e. The highest BCUT2D eigenvalue weighted by atomic mass is 16.5. The van der Waals surface area contributed by atoms with E-state index in [1.165, 1.54) is 6.26 Å². The minimum absolute atomic E-state index is 0.0139. The molecule has 170 valence electrons. The quantitative estimate of drug-likeness (QED) is 0.313. The molecule has 1 aliphatic rings. The van der Waals surface area contributed by atoms with Crippen molar-refractivity contribution in [3.8, 4) is 17.3 Å². The van der Waals surface area contributed by atoms with Crippen LogP contribution in [0.1, 0.15) is 39.1 Å². The summed E-state index contributed by atoms with van der Waals surface area (Å²) in [6, 6.07) is 14.9. The second kappa shape index (κ2) is 8.47. The van der Waals surface area contributed by atoms with Crippen molar-refractivity contribution in [1.29, 1.82) is 0 Å². The zero-order chi connectivity index (χ0) is 23.8. The Hall–Kier alpha value is -4.46. The van der Waals surface area contributed by atoms with Gasteiger partial charge in [0.15, 0.2) is 5.76 Å². The highest BCUT2D eigenvalue weighted by molar-refractivity contribution is 6.21. The Kier molecular flexibility index (Phi) is 5.33. The normalized spacial score (nSPS) is 12.9. The van der Waals surface area contributed by atoms with Crippen LogP contribution >= 0.6 is 0 Å². The number of aryl methyl sites for hydroxylation is 1. The SMILES string of the molecule is Cc1ccc2oc(-c3ccco3)c(OC(=O)CCCN3C(=O)c4ccccc4C3=O)c(=O)c2c1. The predicted octanol–water partition coefficient (Wildman–Crippen LogP) is 4.34. The summed E-state index contributed by atoms with van der Waals surface area (Å²) in [6.07, 6.45) is 1.48. The maximum atomic E-state index is 13.2. The first-order chi connectivity index (χ1) is 16.4. The van der Waals surface area contributed by atoms with E-state index in [2.05, 4.69) is 0 Å². The number of ether oxygens (including phenoxy) is 1. The number of amides is 2. The lowest BCUT2D eigenvalue weighted by Gasteiger charge is -2.13. The summed E-state index contributed by atoms with van der Waals surface area (Å²) in [5.74, 6) is -1.48. The summed E-state index contributed by atoms with van der Waals surface area (Å²) in [7, 11) is 0. The van der Waals surface area contributed by atoms with Gasteiger partial charge in [-0.25, -0.2) is 0 Å². The lowest BCUT2D eigenvalue weighted by Crippen LogP contribution is -2.31. The first-order valence-electron chi connectivity index (χ1n) is 10.7. The third-order valence-electron chi connectivity index (χ3n) is 5.61. The van der Waals surface area contributed by atoms with Gasteiger partial charge in [-0.1, -0.05) is 23.8 Å². The van der Waals surface area contributed by atoms with E-state index >= 15 is 0 Å². The number of esters is 1. The summed E-state index contributed by atoms with van der Waals surface area (Å²) < 4.78 is 16.7. The van der Waals surface area contributed by atoms with E-state index in [9.17, 15) is 19.2 Å². The van der Waals surface area contributed by atoms with Gasteiger partial charge in [-0.2, -0.15) is 0 Å². The van der Waals surface area contributed by atoms with E-state index in [0.29, 0.717) is 16.7 Å². The van der Waals surface area contributed by atoms with Gasteiger partial charge in [0.1, 0.15) is 5.58 Å². The number of hydrogen-bond acceptors (Lipinski definition) is 7. The van der Waals surface area contributed by atoms with Gasteiger partial charge in [-0.15, -0.1) is 0 Å². The molecule has 0 radical (unpaired) electrons. The fourth-order valence-corrected chi connectivity index (χ4v) is 3.94. The number of fused-ring (bicyclic) bond motifs is 2. The van der Waals surface area contributed by atoms with E-state index in [-0.39, 0.29) is 53.9 Å². The predicted molar refractivity (Wildman–Crippen MR) is 122 cm³/mol. The van der Waals surface area contributed by atoms with Gasteiger partial charge < -0.3 is 13.6 Å². The lowest BCUT2D eigenvalue weighted by molar-refractivity contribution is -0.134. The molecule has 2 aromatic carbocycles. The molecule has 0 aliphatic carbocycles. The van der Waals surface area contributed by atoms with Crippen LogP contribution in [0.4, 0.5) is 0 Å². The Morgan fingerprint density at radius 3 is 2.38 bits per heavy atom. The molecular formula is C26H19NO7. The molecule has 8 heteroatoms. The fourth-order valence-electron chi connectivity index (χ4n) is 3.94. The maximum absolute atomic E-state index is 13.2. The number of rotatable bonds is 6. The summed E-state index contributed by atoms with van der Waals surface area (Å²) >= 11 is 0. The van der Waals surface area contributed by atoms with Crippen molar-refractivity contribution in [3.05, 3.63) is 87.8 Å². The van der Waals surface area contributed by atoms with Gasteiger partial charge in [0.25, 0.3) is 11.8 Å². The number of carbonyl (C=O) groups is 3. The largest absolute Gasteiger partial charge is 0.461 e. The highest BCUT2D eigenvalue weighted by Crippen LogP contribution is 2.32. The number of benzene rings is 2. The molecule has 2 amide bonds. The van der Waals surface area contributed by atoms with Crippen molar-refractivity contribution >= 4 is 28.8 Å². The van der Waals surface area contributed by atoms with E-state index in [0.717, 1.165) is 10.5 Å². The van der Waals surface area contributed by atoms with Crippen LogP contribution in [0.15, 0.2) is 74.5 Å². The van der Waals surface area contributed by atoms with Crippen molar-refractivity contribution in [2.24, 2.45) is 0 Å². The Morgan fingerprint density at radius 2 is 1.71 bits per heavy atom. The van der Waals surface area contributed by atoms with Crippen molar-refractivity contribution in [2.75, 3.05) is 6.54 Å². The van der Waals surface area contributed by atoms with Gasteiger partial charge in [0.05, 0.1) is 22.8 Å². The number of carbonyl (C=O) groups excluding carboxylic acids is 3. The van der Waals surface area contributed by atoms with Crippen LogP contribution in [-0.4, -0.2) is 29.2 Å². The van der Waals surface area contributed by atoms with Crippen LogP contribution < -0.4 is 10.2 Å². The van der Waals surface area contributed by atoms with E-state index in [1.807, 2.05) is 13.0 Å². The second-order valence-electron chi connectivity index (χ2n) is 7.95. The molecule has 34 heavy (non-hydrogen) atoms. The van der Waals surface area contributed by atoms with E-state index in [4.69, 9.17) is 13.6 Å². The molecular weight excluding hydrogens is 438 g/mol. The Bertz CT molecular complexity index is 1460. The van der Waals surface area contributed by atoms with Crippen LogP contribution in [0.3, 0.4) is 0 Å². The van der Waals surface area contributed by atoms with Gasteiger partial charge in [0.2, 0.25) is 16.9 Å². The van der Waals surface area contributed by atoms with Crippen molar-refractivity contribution in [1.82, 2.24) is 4.90 Å². The molecule has 0 N–H and O–H groups in total. The molecule has 0 saturated heterocycles.